The maximum absolute atomic E-state index is 12.8. The Kier molecular flexibility index (Phi) is 3.98. The molecule has 2 aliphatic rings. The average Bonchev–Trinajstić information content (AvgIpc) is 2.78. The second kappa shape index (κ2) is 6.84. The van der Waals surface area contributed by atoms with Gasteiger partial charge in [-0.25, -0.2) is 9.78 Å². The standard InChI is InChI=1S/C26H22N2O2/c29-26-22(13-12-18-8-3-7-17-6-1-2-10-20(17)18)27-23-16-19-9-4-14-28-15-5-11-21(24(19)28)25(23)30-26/h1-3,6-8,10,12-13,16H,4-5,9,11,14-15H2/b13-12+. The third kappa shape index (κ3) is 2.75. The lowest BCUT2D eigenvalue weighted by Gasteiger charge is -2.36. The lowest BCUT2D eigenvalue weighted by molar-refractivity contribution is 0.542. The van der Waals surface area contributed by atoms with Crippen molar-refractivity contribution in [3.05, 3.63) is 81.3 Å². The van der Waals surface area contributed by atoms with E-state index in [1.165, 1.54) is 28.6 Å². The molecule has 0 unspecified atom stereocenters. The molecule has 0 fully saturated rings. The molecule has 4 aromatic rings. The molecule has 6 rings (SSSR count). The zero-order valence-electron chi connectivity index (χ0n) is 16.7. The van der Waals surface area contributed by atoms with Gasteiger partial charge in [0.15, 0.2) is 5.58 Å². The number of aryl methyl sites for hydroxylation is 2. The van der Waals surface area contributed by atoms with Gasteiger partial charge in [-0.15, -0.1) is 0 Å². The van der Waals surface area contributed by atoms with Gasteiger partial charge >= 0.3 is 5.63 Å². The molecule has 148 valence electrons. The van der Waals surface area contributed by atoms with Crippen LogP contribution in [0.1, 0.15) is 35.2 Å². The van der Waals surface area contributed by atoms with Gasteiger partial charge in [0.05, 0.1) is 0 Å². The zero-order chi connectivity index (χ0) is 20.1. The summed E-state index contributed by atoms with van der Waals surface area (Å²) in [5.74, 6) is 0. The molecule has 2 aliphatic heterocycles. The van der Waals surface area contributed by atoms with E-state index in [1.807, 2.05) is 24.3 Å². The Morgan fingerprint density at radius 2 is 1.80 bits per heavy atom. The molecule has 1 aromatic heterocycles. The monoisotopic (exact) mass is 394 g/mol. The first-order chi connectivity index (χ1) is 14.8. The van der Waals surface area contributed by atoms with Crippen LogP contribution in [0.2, 0.25) is 0 Å². The Bertz CT molecular complexity index is 1380. The number of nitrogens with zero attached hydrogens (tertiary/aromatic N) is 2. The molecule has 0 radical (unpaired) electrons. The summed E-state index contributed by atoms with van der Waals surface area (Å²) in [7, 11) is 0. The van der Waals surface area contributed by atoms with E-state index in [9.17, 15) is 4.79 Å². The first-order valence-corrected chi connectivity index (χ1v) is 10.7. The molecule has 4 nitrogen and oxygen atoms in total. The lowest BCUT2D eigenvalue weighted by atomic mass is 9.91. The molecule has 3 heterocycles. The van der Waals surface area contributed by atoms with Crippen LogP contribution in [0.25, 0.3) is 34.0 Å². The summed E-state index contributed by atoms with van der Waals surface area (Å²) in [4.78, 5) is 19.9. The minimum atomic E-state index is -0.372. The summed E-state index contributed by atoms with van der Waals surface area (Å²) in [6, 6.07) is 16.5. The Morgan fingerprint density at radius 3 is 2.73 bits per heavy atom. The molecule has 0 amide bonds. The fourth-order valence-electron chi connectivity index (χ4n) is 5.00. The highest BCUT2D eigenvalue weighted by molar-refractivity contribution is 5.93. The molecule has 3 aromatic carbocycles. The third-order valence-corrected chi connectivity index (χ3v) is 6.34. The van der Waals surface area contributed by atoms with Gasteiger partial charge in [0.1, 0.15) is 11.2 Å². The van der Waals surface area contributed by atoms with Crippen molar-refractivity contribution in [1.82, 2.24) is 4.98 Å². The molecule has 0 aliphatic carbocycles. The molecule has 0 atom stereocenters. The fourth-order valence-corrected chi connectivity index (χ4v) is 5.00. The van der Waals surface area contributed by atoms with E-state index in [0.717, 1.165) is 48.8 Å². The van der Waals surface area contributed by atoms with E-state index in [0.29, 0.717) is 11.3 Å². The van der Waals surface area contributed by atoms with Gasteiger partial charge in [-0.1, -0.05) is 48.5 Å². The number of hydrogen-bond acceptors (Lipinski definition) is 4. The molecule has 0 spiro atoms. The zero-order valence-corrected chi connectivity index (χ0v) is 16.7. The molecule has 4 heteroatoms. The number of benzene rings is 3. The normalized spacial score (nSPS) is 15.8. The highest BCUT2D eigenvalue weighted by atomic mass is 16.4. The highest BCUT2D eigenvalue weighted by Gasteiger charge is 2.27. The van der Waals surface area contributed by atoms with Crippen molar-refractivity contribution >= 4 is 39.7 Å². The number of hydrogen-bond donors (Lipinski definition) is 0. The summed E-state index contributed by atoms with van der Waals surface area (Å²) in [6.07, 6.45) is 8.02. The van der Waals surface area contributed by atoms with E-state index in [2.05, 4.69) is 35.2 Å². The van der Waals surface area contributed by atoms with Crippen molar-refractivity contribution in [3.63, 3.8) is 0 Å². The van der Waals surface area contributed by atoms with Crippen molar-refractivity contribution < 1.29 is 4.42 Å². The van der Waals surface area contributed by atoms with Crippen LogP contribution in [0.15, 0.2) is 57.7 Å². The number of rotatable bonds is 2. The SMILES string of the molecule is O=c1oc2c3c4c(cc2nc1/C=C/c1cccc2ccccc12)CCCN4CCC3. The topological polar surface area (TPSA) is 46.3 Å². The Morgan fingerprint density at radius 1 is 0.967 bits per heavy atom. The summed E-state index contributed by atoms with van der Waals surface area (Å²) in [5.41, 5.74) is 6.32. The Balaban J connectivity index is 1.48. The van der Waals surface area contributed by atoms with Crippen molar-refractivity contribution in [2.24, 2.45) is 0 Å². The average molecular weight is 394 g/mol. The predicted molar refractivity (Wildman–Crippen MR) is 122 cm³/mol. The van der Waals surface area contributed by atoms with Gasteiger partial charge in [-0.3, -0.25) is 0 Å². The van der Waals surface area contributed by atoms with Gasteiger partial charge in [0.2, 0.25) is 0 Å². The van der Waals surface area contributed by atoms with Crippen LogP contribution in [-0.4, -0.2) is 18.1 Å². The van der Waals surface area contributed by atoms with Crippen molar-refractivity contribution in [3.8, 4) is 0 Å². The quantitative estimate of drug-likeness (QED) is 0.468. The Labute approximate surface area is 174 Å². The molecule has 0 bridgehead atoms. The second-order valence-electron chi connectivity index (χ2n) is 8.19. The van der Waals surface area contributed by atoms with Gasteiger partial charge in [-0.05, 0) is 59.7 Å². The second-order valence-corrected chi connectivity index (χ2v) is 8.19. The van der Waals surface area contributed by atoms with Crippen LogP contribution in [-0.2, 0) is 12.8 Å². The van der Waals surface area contributed by atoms with Crippen molar-refractivity contribution in [1.29, 1.82) is 0 Å². The lowest BCUT2D eigenvalue weighted by Crippen LogP contribution is -2.34. The van der Waals surface area contributed by atoms with E-state index in [4.69, 9.17) is 9.40 Å². The molecule has 0 saturated heterocycles. The van der Waals surface area contributed by atoms with Gasteiger partial charge in [-0.2, -0.15) is 0 Å². The van der Waals surface area contributed by atoms with Crippen LogP contribution in [0.4, 0.5) is 5.69 Å². The van der Waals surface area contributed by atoms with Crippen LogP contribution < -0.4 is 10.5 Å². The molecular weight excluding hydrogens is 372 g/mol. The maximum atomic E-state index is 12.8. The molecule has 0 N–H and O–H groups in total. The van der Waals surface area contributed by atoms with Crippen molar-refractivity contribution in [2.75, 3.05) is 18.0 Å². The fraction of sp³-hybridized carbons (Fsp3) is 0.231. The molecule has 0 saturated carbocycles. The third-order valence-electron chi connectivity index (χ3n) is 6.34. The van der Waals surface area contributed by atoms with Crippen LogP contribution in [0, 0.1) is 0 Å². The van der Waals surface area contributed by atoms with E-state index in [1.54, 1.807) is 6.08 Å². The predicted octanol–water partition coefficient (Wildman–Crippen LogP) is 5.21. The number of aromatic nitrogens is 1. The molecular formula is C26H22N2O2. The first kappa shape index (κ1) is 17.5. The summed E-state index contributed by atoms with van der Waals surface area (Å²) >= 11 is 0. The van der Waals surface area contributed by atoms with E-state index >= 15 is 0 Å². The largest absolute Gasteiger partial charge is 0.419 e. The van der Waals surface area contributed by atoms with E-state index in [-0.39, 0.29) is 5.63 Å². The minimum Gasteiger partial charge on any atom is -0.419 e. The minimum absolute atomic E-state index is 0.353. The van der Waals surface area contributed by atoms with Gasteiger partial charge in [0, 0.05) is 24.3 Å². The van der Waals surface area contributed by atoms with Crippen molar-refractivity contribution in [2.45, 2.75) is 25.7 Å². The van der Waals surface area contributed by atoms with Crippen LogP contribution in [0.5, 0.6) is 0 Å². The number of anilines is 1. The summed E-state index contributed by atoms with van der Waals surface area (Å²) < 4.78 is 5.84. The van der Waals surface area contributed by atoms with Crippen LogP contribution >= 0.6 is 0 Å². The summed E-state index contributed by atoms with van der Waals surface area (Å²) in [6.45, 7) is 2.18. The molecule has 30 heavy (non-hydrogen) atoms. The van der Waals surface area contributed by atoms with Gasteiger partial charge < -0.3 is 9.32 Å². The van der Waals surface area contributed by atoms with Gasteiger partial charge in [0.25, 0.3) is 0 Å². The van der Waals surface area contributed by atoms with E-state index < -0.39 is 0 Å². The highest BCUT2D eigenvalue weighted by Crippen LogP contribution is 2.39. The first-order valence-electron chi connectivity index (χ1n) is 10.7. The van der Waals surface area contributed by atoms with Crippen LogP contribution in [0.3, 0.4) is 0 Å². The Hall–Kier alpha value is -3.40. The number of fused-ring (bicyclic) bond motifs is 3. The smallest absolute Gasteiger partial charge is 0.362 e. The maximum Gasteiger partial charge on any atom is 0.362 e. The summed E-state index contributed by atoms with van der Waals surface area (Å²) in [5, 5.41) is 2.33.